The van der Waals surface area contributed by atoms with Crippen molar-refractivity contribution in [1.82, 2.24) is 4.57 Å². The number of anilines is 1. The third-order valence-corrected chi connectivity index (χ3v) is 2.33. The molecule has 12 heavy (non-hydrogen) atoms. The molecule has 0 aliphatic rings. The zero-order chi connectivity index (χ0) is 8.72. The molecule has 2 rings (SSSR count). The highest BCUT2D eigenvalue weighted by Crippen LogP contribution is 2.24. The molecule has 62 valence electrons. The molecule has 2 aromatic rings. The van der Waals surface area contributed by atoms with Gasteiger partial charge in [-0.25, -0.2) is 0 Å². The van der Waals surface area contributed by atoms with Gasteiger partial charge in [0.25, 0.3) is 0 Å². The molecule has 0 atom stereocenters. The van der Waals surface area contributed by atoms with Crippen LogP contribution in [-0.4, -0.2) is 4.57 Å². The second-order valence-corrected chi connectivity index (χ2v) is 3.16. The minimum Gasteiger partial charge on any atom is -0.398 e. The van der Waals surface area contributed by atoms with Crippen LogP contribution in [0.2, 0.25) is 0 Å². The summed E-state index contributed by atoms with van der Waals surface area (Å²) in [5.74, 6) is 0. The summed E-state index contributed by atoms with van der Waals surface area (Å²) < 4.78 is 2.07. The van der Waals surface area contributed by atoms with Crippen molar-refractivity contribution in [3.05, 3.63) is 30.0 Å². The number of benzene rings is 1. The lowest BCUT2D eigenvalue weighted by Crippen LogP contribution is -1.91. The minimum absolute atomic E-state index is 0.896. The Kier molecular flexibility index (Phi) is 1.37. The lowest BCUT2D eigenvalue weighted by molar-refractivity contribution is 0.969. The highest BCUT2D eigenvalue weighted by atomic mass is 14.9. The Morgan fingerprint density at radius 2 is 2.00 bits per heavy atom. The second-order valence-electron chi connectivity index (χ2n) is 3.16. The molecule has 0 spiro atoms. The SMILES string of the molecule is Cc1ccc2c(ccn2C)c1N. The fourth-order valence-electron chi connectivity index (χ4n) is 1.48. The molecule has 0 unspecified atom stereocenters. The molecule has 2 N–H and O–H groups in total. The molecular formula is C10H12N2. The molecule has 0 saturated heterocycles. The van der Waals surface area contributed by atoms with E-state index in [-0.39, 0.29) is 0 Å². The Labute approximate surface area is 71.6 Å². The molecule has 1 aromatic carbocycles. The lowest BCUT2D eigenvalue weighted by atomic mass is 10.1. The van der Waals surface area contributed by atoms with Gasteiger partial charge in [0.2, 0.25) is 0 Å². The summed E-state index contributed by atoms with van der Waals surface area (Å²) in [5, 5.41) is 1.15. The number of rotatable bonds is 0. The predicted octanol–water partition coefficient (Wildman–Crippen LogP) is 2.07. The van der Waals surface area contributed by atoms with E-state index in [9.17, 15) is 0 Å². The number of nitrogens with two attached hydrogens (primary N) is 1. The second kappa shape index (κ2) is 2.27. The van der Waals surface area contributed by atoms with Gasteiger partial charge < -0.3 is 10.3 Å². The number of aromatic nitrogens is 1. The maximum absolute atomic E-state index is 5.92. The van der Waals surface area contributed by atoms with E-state index in [0.29, 0.717) is 0 Å². The van der Waals surface area contributed by atoms with Crippen LogP contribution in [0.3, 0.4) is 0 Å². The Hall–Kier alpha value is -1.44. The molecule has 2 nitrogen and oxygen atoms in total. The van der Waals surface area contributed by atoms with Gasteiger partial charge in [0, 0.05) is 29.8 Å². The topological polar surface area (TPSA) is 30.9 Å². The van der Waals surface area contributed by atoms with E-state index in [1.165, 1.54) is 5.52 Å². The highest BCUT2D eigenvalue weighted by Gasteiger charge is 2.02. The zero-order valence-electron chi connectivity index (χ0n) is 7.33. The number of nitrogen functional groups attached to an aromatic ring is 1. The van der Waals surface area contributed by atoms with Gasteiger partial charge in [-0.15, -0.1) is 0 Å². The number of fused-ring (bicyclic) bond motifs is 1. The third-order valence-electron chi connectivity index (χ3n) is 2.33. The normalized spacial score (nSPS) is 10.8. The first kappa shape index (κ1) is 7.22. The van der Waals surface area contributed by atoms with Crippen molar-refractivity contribution in [3.8, 4) is 0 Å². The summed E-state index contributed by atoms with van der Waals surface area (Å²) >= 11 is 0. The number of hydrogen-bond donors (Lipinski definition) is 1. The van der Waals surface area contributed by atoms with Crippen LogP contribution in [0, 0.1) is 6.92 Å². The van der Waals surface area contributed by atoms with E-state index in [1.807, 2.05) is 20.2 Å². The van der Waals surface area contributed by atoms with Crippen molar-refractivity contribution in [2.75, 3.05) is 5.73 Å². The Balaban J connectivity index is 2.93. The fourth-order valence-corrected chi connectivity index (χ4v) is 1.48. The number of aryl methyl sites for hydroxylation is 2. The summed E-state index contributed by atoms with van der Waals surface area (Å²) in [4.78, 5) is 0. The maximum atomic E-state index is 5.92. The van der Waals surface area contributed by atoms with Crippen LogP contribution >= 0.6 is 0 Å². The highest BCUT2D eigenvalue weighted by molar-refractivity contribution is 5.92. The molecule has 0 aliphatic carbocycles. The molecule has 0 fully saturated rings. The van der Waals surface area contributed by atoms with Crippen LogP contribution in [0.5, 0.6) is 0 Å². The van der Waals surface area contributed by atoms with Crippen molar-refractivity contribution >= 4 is 16.6 Å². The van der Waals surface area contributed by atoms with Gasteiger partial charge in [-0.3, -0.25) is 0 Å². The summed E-state index contributed by atoms with van der Waals surface area (Å²) in [6.45, 7) is 2.03. The monoisotopic (exact) mass is 160 g/mol. The number of hydrogen-bond acceptors (Lipinski definition) is 1. The van der Waals surface area contributed by atoms with Gasteiger partial charge >= 0.3 is 0 Å². The van der Waals surface area contributed by atoms with Crippen molar-refractivity contribution in [2.24, 2.45) is 7.05 Å². The van der Waals surface area contributed by atoms with Crippen LogP contribution in [0.4, 0.5) is 5.69 Å². The van der Waals surface area contributed by atoms with E-state index < -0.39 is 0 Å². The molecule has 1 aromatic heterocycles. The third kappa shape index (κ3) is 0.811. The predicted molar refractivity (Wildman–Crippen MR) is 52.1 cm³/mol. The van der Waals surface area contributed by atoms with Gasteiger partial charge in [-0.1, -0.05) is 6.07 Å². The van der Waals surface area contributed by atoms with Crippen LogP contribution in [0.15, 0.2) is 24.4 Å². The van der Waals surface area contributed by atoms with Gasteiger partial charge in [-0.2, -0.15) is 0 Å². The van der Waals surface area contributed by atoms with Crippen molar-refractivity contribution in [3.63, 3.8) is 0 Å². The molecule has 0 amide bonds. The molecule has 0 aliphatic heterocycles. The Morgan fingerprint density at radius 3 is 2.75 bits per heavy atom. The Bertz CT molecular complexity index is 427. The van der Waals surface area contributed by atoms with E-state index in [4.69, 9.17) is 5.73 Å². The van der Waals surface area contributed by atoms with Crippen LogP contribution in [-0.2, 0) is 7.05 Å². The zero-order valence-corrected chi connectivity index (χ0v) is 7.33. The summed E-state index contributed by atoms with van der Waals surface area (Å²) in [6.07, 6.45) is 2.03. The number of nitrogens with zero attached hydrogens (tertiary/aromatic N) is 1. The average Bonchev–Trinajstić information content (AvgIpc) is 2.41. The van der Waals surface area contributed by atoms with Crippen molar-refractivity contribution < 1.29 is 0 Å². The molecule has 0 radical (unpaired) electrons. The van der Waals surface area contributed by atoms with Gasteiger partial charge in [0.05, 0.1) is 0 Å². The van der Waals surface area contributed by atoms with Gasteiger partial charge in [-0.05, 0) is 24.6 Å². The van der Waals surface area contributed by atoms with Crippen molar-refractivity contribution in [1.29, 1.82) is 0 Å². The smallest absolute Gasteiger partial charge is 0.0498 e. The van der Waals surface area contributed by atoms with Gasteiger partial charge in [0.1, 0.15) is 0 Å². The van der Waals surface area contributed by atoms with Gasteiger partial charge in [0.15, 0.2) is 0 Å². The minimum atomic E-state index is 0.896. The van der Waals surface area contributed by atoms with Crippen LogP contribution in [0.1, 0.15) is 5.56 Å². The molecular weight excluding hydrogens is 148 g/mol. The van der Waals surface area contributed by atoms with E-state index in [1.54, 1.807) is 0 Å². The molecule has 1 heterocycles. The summed E-state index contributed by atoms with van der Waals surface area (Å²) in [5.41, 5.74) is 9.15. The van der Waals surface area contributed by atoms with Crippen LogP contribution in [0.25, 0.3) is 10.9 Å². The quantitative estimate of drug-likeness (QED) is 0.587. The molecule has 2 heteroatoms. The van der Waals surface area contributed by atoms with Crippen LogP contribution < -0.4 is 5.73 Å². The van der Waals surface area contributed by atoms with E-state index in [0.717, 1.165) is 16.6 Å². The summed E-state index contributed by atoms with van der Waals surface area (Å²) in [6, 6.07) is 6.20. The first-order valence-corrected chi connectivity index (χ1v) is 4.00. The first-order chi connectivity index (χ1) is 5.70. The van der Waals surface area contributed by atoms with Crippen molar-refractivity contribution in [2.45, 2.75) is 6.92 Å². The average molecular weight is 160 g/mol. The largest absolute Gasteiger partial charge is 0.398 e. The van der Waals surface area contributed by atoms with E-state index in [2.05, 4.69) is 22.8 Å². The maximum Gasteiger partial charge on any atom is 0.0498 e. The molecule has 0 bridgehead atoms. The summed E-state index contributed by atoms with van der Waals surface area (Å²) in [7, 11) is 2.02. The van der Waals surface area contributed by atoms with E-state index >= 15 is 0 Å². The standard InChI is InChI=1S/C10H12N2/c1-7-3-4-9-8(10(7)11)5-6-12(9)2/h3-6H,11H2,1-2H3. The lowest BCUT2D eigenvalue weighted by Gasteiger charge is -2.02. The fraction of sp³-hybridized carbons (Fsp3) is 0.200. The first-order valence-electron chi connectivity index (χ1n) is 4.00. The Morgan fingerprint density at radius 1 is 1.25 bits per heavy atom. The molecule has 0 saturated carbocycles.